The van der Waals surface area contributed by atoms with Gasteiger partial charge in [0.1, 0.15) is 11.2 Å². The van der Waals surface area contributed by atoms with Crippen molar-refractivity contribution in [1.82, 2.24) is 4.98 Å². The molecule has 0 unspecified atom stereocenters. The largest absolute Gasteiger partial charge is 0.375 e. The molecule has 8 heteroatoms. The minimum atomic E-state index is -0.615. The summed E-state index contributed by atoms with van der Waals surface area (Å²) in [6.07, 6.45) is 5.49. The second kappa shape index (κ2) is 5.55. The number of hydrogen-bond acceptors (Lipinski definition) is 6. The van der Waals surface area contributed by atoms with Crippen molar-refractivity contribution in [3.8, 4) is 0 Å². The van der Waals surface area contributed by atoms with E-state index in [1.807, 2.05) is 0 Å². The number of fused-ring (bicyclic) bond motifs is 1. The number of anilines is 1. The molecule has 3 rings (SSSR count). The van der Waals surface area contributed by atoms with Crippen LogP contribution in [0.3, 0.4) is 0 Å². The maximum atomic E-state index is 11.3. The van der Waals surface area contributed by atoms with Crippen molar-refractivity contribution in [2.24, 2.45) is 0 Å². The Labute approximate surface area is 125 Å². The van der Waals surface area contributed by atoms with Crippen molar-refractivity contribution in [3.05, 3.63) is 44.6 Å². The molecule has 0 atom stereocenters. The van der Waals surface area contributed by atoms with Crippen LogP contribution in [0.1, 0.15) is 25.7 Å². The summed E-state index contributed by atoms with van der Waals surface area (Å²) in [5.74, 6) is 0. The summed E-state index contributed by atoms with van der Waals surface area (Å²) in [6, 6.07) is 4.30. The van der Waals surface area contributed by atoms with Gasteiger partial charge in [0.25, 0.3) is 5.69 Å². The number of hydrogen-bond donors (Lipinski definition) is 1. The van der Waals surface area contributed by atoms with E-state index in [4.69, 9.17) is 0 Å². The molecule has 1 aliphatic rings. The fourth-order valence-corrected chi connectivity index (χ4v) is 2.92. The van der Waals surface area contributed by atoms with E-state index in [-0.39, 0.29) is 28.6 Å². The molecule has 1 heterocycles. The smallest absolute Gasteiger partial charge is 0.301 e. The lowest BCUT2D eigenvalue weighted by atomic mass is 10.1. The fraction of sp³-hybridized carbons (Fsp3) is 0.357. The van der Waals surface area contributed by atoms with Crippen LogP contribution in [0.15, 0.2) is 24.4 Å². The average molecular weight is 302 g/mol. The molecular weight excluding hydrogens is 288 g/mol. The van der Waals surface area contributed by atoms with Gasteiger partial charge in [0.15, 0.2) is 0 Å². The van der Waals surface area contributed by atoms with Gasteiger partial charge in [0, 0.05) is 12.2 Å². The van der Waals surface area contributed by atoms with Gasteiger partial charge in [-0.1, -0.05) is 12.8 Å². The van der Waals surface area contributed by atoms with Crippen LogP contribution in [-0.4, -0.2) is 20.9 Å². The molecule has 0 bridgehead atoms. The molecule has 1 aromatic heterocycles. The van der Waals surface area contributed by atoms with E-state index in [0.717, 1.165) is 31.7 Å². The summed E-state index contributed by atoms with van der Waals surface area (Å²) in [5.41, 5.74) is -0.0510. The number of pyridine rings is 1. The van der Waals surface area contributed by atoms with Crippen LogP contribution in [0.25, 0.3) is 10.9 Å². The topological polar surface area (TPSA) is 111 Å². The van der Waals surface area contributed by atoms with Crippen molar-refractivity contribution in [3.63, 3.8) is 0 Å². The molecule has 0 spiro atoms. The molecule has 8 nitrogen and oxygen atoms in total. The SMILES string of the molecule is O=[N+]([O-])c1cc([N+](=O)[O-])c2cccnc2c1NC1CCCC1. The Balaban J connectivity index is 2.23. The van der Waals surface area contributed by atoms with E-state index in [1.165, 1.54) is 6.20 Å². The highest BCUT2D eigenvalue weighted by atomic mass is 16.6. The molecule has 1 fully saturated rings. The molecule has 2 aromatic rings. The first-order valence-electron chi connectivity index (χ1n) is 7.05. The summed E-state index contributed by atoms with van der Waals surface area (Å²) in [6.45, 7) is 0. The second-order valence-electron chi connectivity index (χ2n) is 5.33. The molecule has 0 saturated heterocycles. The third kappa shape index (κ3) is 2.43. The van der Waals surface area contributed by atoms with E-state index < -0.39 is 9.85 Å². The van der Waals surface area contributed by atoms with Crippen LogP contribution < -0.4 is 5.32 Å². The van der Waals surface area contributed by atoms with Crippen molar-refractivity contribution >= 4 is 28.0 Å². The minimum absolute atomic E-state index is 0.144. The van der Waals surface area contributed by atoms with Crippen LogP contribution in [0, 0.1) is 20.2 Å². The molecular formula is C14H14N4O4. The highest BCUT2D eigenvalue weighted by molar-refractivity contribution is 6.01. The van der Waals surface area contributed by atoms with Gasteiger partial charge in [-0.3, -0.25) is 25.2 Å². The van der Waals surface area contributed by atoms with Crippen molar-refractivity contribution in [2.45, 2.75) is 31.7 Å². The van der Waals surface area contributed by atoms with Crippen LogP contribution >= 0.6 is 0 Å². The summed E-state index contributed by atoms with van der Waals surface area (Å²) >= 11 is 0. The van der Waals surface area contributed by atoms with E-state index in [9.17, 15) is 20.2 Å². The van der Waals surface area contributed by atoms with Crippen LogP contribution in [0.5, 0.6) is 0 Å². The highest BCUT2D eigenvalue weighted by Gasteiger charge is 2.28. The number of nitro benzene ring substituents is 2. The molecule has 1 aliphatic carbocycles. The predicted molar refractivity (Wildman–Crippen MR) is 80.9 cm³/mol. The molecule has 1 saturated carbocycles. The van der Waals surface area contributed by atoms with Gasteiger partial charge in [0.05, 0.1) is 21.3 Å². The minimum Gasteiger partial charge on any atom is -0.375 e. The Hall–Kier alpha value is -2.77. The molecule has 1 N–H and O–H groups in total. The quantitative estimate of drug-likeness (QED) is 0.684. The molecule has 0 amide bonds. The van der Waals surface area contributed by atoms with Gasteiger partial charge in [-0.05, 0) is 25.0 Å². The molecule has 114 valence electrons. The number of nitrogens with zero attached hydrogens (tertiary/aromatic N) is 3. The number of nitrogens with one attached hydrogen (secondary N) is 1. The Bertz CT molecular complexity index is 756. The first-order valence-corrected chi connectivity index (χ1v) is 7.05. The van der Waals surface area contributed by atoms with Crippen molar-refractivity contribution in [1.29, 1.82) is 0 Å². The fourth-order valence-electron chi connectivity index (χ4n) is 2.92. The third-order valence-electron chi connectivity index (χ3n) is 3.95. The lowest BCUT2D eigenvalue weighted by molar-refractivity contribution is -0.392. The van der Waals surface area contributed by atoms with Gasteiger partial charge in [-0.15, -0.1) is 0 Å². The Morgan fingerprint density at radius 1 is 1.14 bits per heavy atom. The molecule has 22 heavy (non-hydrogen) atoms. The second-order valence-corrected chi connectivity index (χ2v) is 5.33. The Morgan fingerprint density at radius 3 is 2.45 bits per heavy atom. The maximum Gasteiger partial charge on any atom is 0.301 e. The lowest BCUT2D eigenvalue weighted by Gasteiger charge is -2.15. The normalized spacial score (nSPS) is 15.1. The van der Waals surface area contributed by atoms with Gasteiger partial charge >= 0.3 is 5.69 Å². The van der Waals surface area contributed by atoms with Crippen molar-refractivity contribution < 1.29 is 9.85 Å². The van der Waals surface area contributed by atoms with E-state index in [1.54, 1.807) is 12.1 Å². The highest BCUT2D eigenvalue weighted by Crippen LogP contribution is 2.39. The van der Waals surface area contributed by atoms with Gasteiger partial charge < -0.3 is 5.32 Å². The zero-order valence-corrected chi connectivity index (χ0v) is 11.7. The standard InChI is InChI=1S/C14H14N4O4/c19-17(20)11-8-12(18(21)22)14(16-9-4-1-2-5-9)13-10(11)6-3-7-15-13/h3,6-9,16H,1-2,4-5H2. The monoisotopic (exact) mass is 302 g/mol. The number of benzene rings is 1. The average Bonchev–Trinajstić information content (AvgIpc) is 3.00. The van der Waals surface area contributed by atoms with Crippen LogP contribution in [0.2, 0.25) is 0 Å². The zero-order valence-electron chi connectivity index (χ0n) is 11.7. The first kappa shape index (κ1) is 14.2. The maximum absolute atomic E-state index is 11.3. The molecule has 0 aliphatic heterocycles. The van der Waals surface area contributed by atoms with Crippen LogP contribution in [0.4, 0.5) is 17.1 Å². The van der Waals surface area contributed by atoms with Crippen LogP contribution in [-0.2, 0) is 0 Å². The van der Waals surface area contributed by atoms with Crippen molar-refractivity contribution in [2.75, 3.05) is 5.32 Å². The number of non-ortho nitro benzene ring substituents is 1. The van der Waals surface area contributed by atoms with Gasteiger partial charge in [0.2, 0.25) is 0 Å². The lowest BCUT2D eigenvalue weighted by Crippen LogP contribution is -2.16. The van der Waals surface area contributed by atoms with E-state index in [2.05, 4.69) is 10.3 Å². The first-order chi connectivity index (χ1) is 10.6. The molecule has 1 aromatic carbocycles. The number of nitro groups is 2. The third-order valence-corrected chi connectivity index (χ3v) is 3.95. The van der Waals surface area contributed by atoms with E-state index >= 15 is 0 Å². The van der Waals surface area contributed by atoms with Gasteiger partial charge in [-0.25, -0.2) is 0 Å². The number of rotatable bonds is 4. The van der Waals surface area contributed by atoms with E-state index in [0.29, 0.717) is 5.39 Å². The zero-order chi connectivity index (χ0) is 15.7. The summed E-state index contributed by atoms with van der Waals surface area (Å²) in [7, 11) is 0. The summed E-state index contributed by atoms with van der Waals surface area (Å²) in [5, 5.41) is 26.0. The Morgan fingerprint density at radius 2 is 1.82 bits per heavy atom. The number of aromatic nitrogens is 1. The molecule has 0 radical (unpaired) electrons. The predicted octanol–water partition coefficient (Wildman–Crippen LogP) is 3.41. The summed E-state index contributed by atoms with van der Waals surface area (Å²) < 4.78 is 0. The van der Waals surface area contributed by atoms with Gasteiger partial charge in [-0.2, -0.15) is 0 Å². The summed E-state index contributed by atoms with van der Waals surface area (Å²) in [4.78, 5) is 25.4. The Kier molecular flexibility index (Phi) is 3.58.